The molecule has 2 nitrogen and oxygen atoms in total. The monoisotopic (exact) mass is 610 g/mol. The van der Waals surface area contributed by atoms with Crippen LogP contribution in [0.4, 0.5) is 0 Å². The van der Waals surface area contributed by atoms with Crippen LogP contribution in [0.15, 0.2) is 149 Å². The van der Waals surface area contributed by atoms with Crippen LogP contribution in [0, 0.1) is 0 Å². The Hall–Kier alpha value is -5.25. The van der Waals surface area contributed by atoms with Gasteiger partial charge in [0.1, 0.15) is 0 Å². The lowest BCUT2D eigenvalue weighted by Gasteiger charge is -2.17. The molecule has 0 aliphatic heterocycles. The summed E-state index contributed by atoms with van der Waals surface area (Å²) < 4.78 is 28.7. The number of aryl methyl sites for hydroxylation is 1. The lowest BCUT2D eigenvalue weighted by atomic mass is 9.90. The van der Waals surface area contributed by atoms with E-state index in [1.165, 1.54) is 60.1 Å². The largest absolute Gasteiger partial charge is 0.218 e. The molecule has 0 saturated heterocycles. The second-order valence-corrected chi connectivity index (χ2v) is 14.2. The summed E-state index contributed by atoms with van der Waals surface area (Å²) in [5, 5.41) is 7.37. The van der Waals surface area contributed by atoms with Crippen LogP contribution >= 0.6 is 0 Å². The molecule has 0 fully saturated rings. The molecular formula is C43H30O2S. The zero-order valence-corrected chi connectivity index (χ0v) is 26.2. The number of benzene rings is 8. The summed E-state index contributed by atoms with van der Waals surface area (Å²) in [7, 11) is -3.80. The Balaban J connectivity index is 1.14. The number of sulfone groups is 1. The van der Waals surface area contributed by atoms with Gasteiger partial charge in [-0.2, -0.15) is 0 Å². The van der Waals surface area contributed by atoms with Crippen molar-refractivity contribution in [2.45, 2.75) is 29.6 Å². The van der Waals surface area contributed by atoms with Crippen LogP contribution in [0.1, 0.15) is 23.6 Å². The number of hydrogen-bond donors (Lipinski definition) is 0. The maximum atomic E-state index is 14.4. The highest BCUT2D eigenvalue weighted by atomic mass is 32.2. The predicted octanol–water partition coefficient (Wildman–Crippen LogP) is 10.9. The Labute approximate surface area is 268 Å². The van der Waals surface area contributed by atoms with E-state index in [9.17, 15) is 8.42 Å². The Morgan fingerprint density at radius 2 is 1.20 bits per heavy atom. The predicted molar refractivity (Wildman–Crippen MR) is 191 cm³/mol. The molecule has 1 aliphatic rings. The van der Waals surface area contributed by atoms with E-state index in [-0.39, 0.29) is 0 Å². The normalized spacial score (nSPS) is 12.6. The molecule has 8 aromatic carbocycles. The minimum atomic E-state index is -3.80. The maximum Gasteiger partial charge on any atom is 0.207 e. The van der Waals surface area contributed by atoms with Gasteiger partial charge in [0.25, 0.3) is 0 Å². The third kappa shape index (κ3) is 3.92. The molecule has 0 aromatic heterocycles. The van der Waals surface area contributed by atoms with Crippen LogP contribution in [-0.4, -0.2) is 8.42 Å². The quantitative estimate of drug-likeness (QED) is 0.182. The van der Waals surface area contributed by atoms with E-state index in [2.05, 4.69) is 97.9 Å². The van der Waals surface area contributed by atoms with Crippen molar-refractivity contribution in [2.24, 2.45) is 0 Å². The first-order valence-electron chi connectivity index (χ1n) is 15.9. The topological polar surface area (TPSA) is 34.1 Å². The standard InChI is InChI=1S/C43H30O2S/c1-2-27-18-24-36(39-26-32-8-3-4-11-35(32)42(27)39)37-12-5-6-13-40(37)46(44,45)33-21-16-28(17-22-33)34-23-19-31-15-14-29-9-7-10-30-20-25-38(34)43(31)41(29)30/h3-25H,2,26H2,1H3. The van der Waals surface area contributed by atoms with Crippen LogP contribution in [0.25, 0.3) is 65.7 Å². The summed E-state index contributed by atoms with van der Waals surface area (Å²) in [6.07, 6.45) is 1.73. The van der Waals surface area contributed by atoms with Gasteiger partial charge in [-0.05, 0) is 108 Å². The zero-order chi connectivity index (χ0) is 31.0. The molecule has 0 N–H and O–H groups in total. The van der Waals surface area contributed by atoms with Crippen LogP contribution in [0.2, 0.25) is 0 Å². The van der Waals surface area contributed by atoms with Crippen LogP contribution in [0.3, 0.4) is 0 Å². The Morgan fingerprint density at radius 3 is 1.98 bits per heavy atom. The molecule has 0 saturated carbocycles. The van der Waals surface area contributed by atoms with Crippen molar-refractivity contribution < 1.29 is 8.42 Å². The number of hydrogen-bond acceptors (Lipinski definition) is 2. The van der Waals surface area contributed by atoms with E-state index < -0.39 is 9.84 Å². The molecule has 0 spiro atoms. The Bertz CT molecular complexity index is 2580. The van der Waals surface area contributed by atoms with E-state index in [0.29, 0.717) is 9.79 Å². The van der Waals surface area contributed by atoms with Crippen molar-refractivity contribution in [3.8, 4) is 33.4 Å². The van der Waals surface area contributed by atoms with E-state index in [0.717, 1.165) is 35.1 Å². The van der Waals surface area contributed by atoms with Crippen molar-refractivity contribution in [3.63, 3.8) is 0 Å². The lowest BCUT2D eigenvalue weighted by molar-refractivity contribution is 0.596. The van der Waals surface area contributed by atoms with Gasteiger partial charge in [-0.3, -0.25) is 0 Å². The smallest absolute Gasteiger partial charge is 0.207 e. The minimum absolute atomic E-state index is 0.298. The van der Waals surface area contributed by atoms with Gasteiger partial charge in [-0.1, -0.05) is 128 Å². The molecule has 1 aliphatic carbocycles. The van der Waals surface area contributed by atoms with Crippen LogP contribution in [-0.2, 0) is 22.7 Å². The summed E-state index contributed by atoms with van der Waals surface area (Å²) in [5.41, 5.74) is 10.2. The van der Waals surface area contributed by atoms with E-state index in [1.54, 1.807) is 18.2 Å². The highest BCUT2D eigenvalue weighted by Crippen LogP contribution is 2.46. The molecule has 220 valence electrons. The third-order valence-electron chi connectivity index (χ3n) is 9.91. The van der Waals surface area contributed by atoms with Gasteiger partial charge in [0, 0.05) is 5.56 Å². The molecule has 0 heterocycles. The van der Waals surface area contributed by atoms with E-state index in [4.69, 9.17) is 0 Å². The van der Waals surface area contributed by atoms with Crippen LogP contribution < -0.4 is 0 Å². The van der Waals surface area contributed by atoms with Gasteiger partial charge < -0.3 is 0 Å². The highest BCUT2D eigenvalue weighted by Gasteiger charge is 2.28. The summed E-state index contributed by atoms with van der Waals surface area (Å²) >= 11 is 0. The zero-order valence-electron chi connectivity index (χ0n) is 25.4. The van der Waals surface area contributed by atoms with Gasteiger partial charge in [0.2, 0.25) is 9.84 Å². The molecule has 3 heteroatoms. The average Bonchev–Trinajstić information content (AvgIpc) is 3.50. The van der Waals surface area contributed by atoms with Crippen molar-refractivity contribution in [3.05, 3.63) is 156 Å². The first-order chi connectivity index (χ1) is 22.5. The van der Waals surface area contributed by atoms with Gasteiger partial charge >= 0.3 is 0 Å². The van der Waals surface area contributed by atoms with Gasteiger partial charge in [-0.15, -0.1) is 0 Å². The van der Waals surface area contributed by atoms with Gasteiger partial charge in [-0.25, -0.2) is 8.42 Å². The highest BCUT2D eigenvalue weighted by molar-refractivity contribution is 7.91. The van der Waals surface area contributed by atoms with Crippen molar-refractivity contribution in [1.82, 2.24) is 0 Å². The molecule has 8 aromatic rings. The van der Waals surface area contributed by atoms with E-state index in [1.807, 2.05) is 30.3 Å². The molecular weight excluding hydrogens is 581 g/mol. The molecule has 0 unspecified atom stereocenters. The fourth-order valence-corrected chi connectivity index (χ4v) is 9.20. The minimum Gasteiger partial charge on any atom is -0.218 e. The van der Waals surface area contributed by atoms with Gasteiger partial charge in [0.05, 0.1) is 9.79 Å². The third-order valence-corrected chi connectivity index (χ3v) is 11.7. The van der Waals surface area contributed by atoms with Crippen molar-refractivity contribution >= 4 is 42.2 Å². The number of rotatable bonds is 5. The van der Waals surface area contributed by atoms with Crippen molar-refractivity contribution in [2.75, 3.05) is 0 Å². The fourth-order valence-electron chi connectivity index (χ4n) is 7.72. The lowest BCUT2D eigenvalue weighted by Crippen LogP contribution is -2.05. The summed E-state index contributed by atoms with van der Waals surface area (Å²) in [5.74, 6) is 0. The average molecular weight is 611 g/mol. The summed E-state index contributed by atoms with van der Waals surface area (Å²) in [6, 6.07) is 47.2. The SMILES string of the molecule is CCc1ccc(-c2ccccc2S(=O)(=O)c2ccc(-c3ccc4ccc5cccc6ccc3c4c56)cc2)c2c1-c1ccccc1C2. The second-order valence-electron chi connectivity index (χ2n) is 12.3. The van der Waals surface area contributed by atoms with Crippen molar-refractivity contribution in [1.29, 1.82) is 0 Å². The van der Waals surface area contributed by atoms with E-state index >= 15 is 0 Å². The first kappa shape index (κ1) is 27.1. The molecule has 46 heavy (non-hydrogen) atoms. The summed E-state index contributed by atoms with van der Waals surface area (Å²) in [6.45, 7) is 2.18. The molecule has 9 rings (SSSR count). The molecule has 0 bridgehead atoms. The molecule has 0 radical (unpaired) electrons. The Morgan fingerprint density at radius 1 is 0.543 bits per heavy atom. The van der Waals surface area contributed by atoms with Crippen LogP contribution in [0.5, 0.6) is 0 Å². The van der Waals surface area contributed by atoms with Gasteiger partial charge in [0.15, 0.2) is 0 Å². The molecule has 0 atom stereocenters. The number of fused-ring (bicyclic) bond motifs is 3. The molecule has 0 amide bonds. The Kier molecular flexibility index (Phi) is 5.97. The fraction of sp³-hybridized carbons (Fsp3) is 0.0698. The first-order valence-corrected chi connectivity index (χ1v) is 17.4. The maximum absolute atomic E-state index is 14.4. The second kappa shape index (κ2) is 10.1. The summed E-state index contributed by atoms with van der Waals surface area (Å²) in [4.78, 5) is 0.638.